The smallest absolute Gasteiger partial charge is 0.170 e. The average Bonchev–Trinajstić information content (AvgIpc) is 2.64. The van der Waals surface area contributed by atoms with E-state index in [4.69, 9.17) is 0 Å². The molecule has 0 aliphatic heterocycles. The number of hydrogen-bond donors (Lipinski definition) is 0. The Bertz CT molecular complexity index is 519. The molecule has 3 nitrogen and oxygen atoms in total. The van der Waals surface area contributed by atoms with E-state index in [2.05, 4.69) is 21.0 Å². The molecule has 82 valence electrons. The van der Waals surface area contributed by atoms with E-state index in [1.165, 1.54) is 0 Å². The Balaban J connectivity index is 2.18. The van der Waals surface area contributed by atoms with Crippen molar-refractivity contribution in [2.24, 2.45) is 7.05 Å². The van der Waals surface area contributed by atoms with Crippen molar-refractivity contribution in [1.82, 2.24) is 9.78 Å². The van der Waals surface area contributed by atoms with Crippen LogP contribution in [0.1, 0.15) is 16.1 Å². The zero-order valence-electron chi connectivity index (χ0n) is 8.85. The van der Waals surface area contributed by atoms with Gasteiger partial charge in [-0.1, -0.05) is 34.1 Å². The fraction of sp³-hybridized carbons (Fsp3) is 0.167. The van der Waals surface area contributed by atoms with E-state index in [9.17, 15) is 4.79 Å². The van der Waals surface area contributed by atoms with Gasteiger partial charge in [0.25, 0.3) is 0 Å². The van der Waals surface area contributed by atoms with Crippen LogP contribution in [0, 0.1) is 0 Å². The van der Waals surface area contributed by atoms with Crippen LogP contribution in [0.15, 0.2) is 41.0 Å². The zero-order chi connectivity index (χ0) is 11.5. The highest BCUT2D eigenvalue weighted by molar-refractivity contribution is 9.10. The molecule has 2 aromatic rings. The largest absolute Gasteiger partial charge is 0.294 e. The molecule has 1 aromatic carbocycles. The second kappa shape index (κ2) is 4.61. The SMILES string of the molecule is Cn1ccc(CC(=O)c2ccccc2Br)n1. The predicted molar refractivity (Wildman–Crippen MR) is 65.4 cm³/mol. The molecule has 0 radical (unpaired) electrons. The van der Waals surface area contributed by atoms with Crippen LogP contribution in [0.2, 0.25) is 0 Å². The quantitative estimate of drug-likeness (QED) is 0.809. The number of rotatable bonds is 3. The number of aromatic nitrogens is 2. The lowest BCUT2D eigenvalue weighted by Crippen LogP contribution is -2.05. The highest BCUT2D eigenvalue weighted by Gasteiger charge is 2.11. The molecule has 1 aromatic heterocycles. The molecule has 2 rings (SSSR count). The van der Waals surface area contributed by atoms with Gasteiger partial charge in [-0.25, -0.2) is 0 Å². The van der Waals surface area contributed by atoms with Gasteiger partial charge in [0.15, 0.2) is 5.78 Å². The molecular weight excluding hydrogens is 268 g/mol. The predicted octanol–water partition coefficient (Wildman–Crippen LogP) is 2.61. The summed E-state index contributed by atoms with van der Waals surface area (Å²) in [6, 6.07) is 9.29. The second-order valence-electron chi connectivity index (χ2n) is 3.56. The first kappa shape index (κ1) is 11.1. The first-order valence-electron chi connectivity index (χ1n) is 4.93. The third-order valence-corrected chi connectivity index (χ3v) is 2.98. The summed E-state index contributed by atoms with van der Waals surface area (Å²) in [7, 11) is 1.84. The van der Waals surface area contributed by atoms with Gasteiger partial charge in [0.05, 0.1) is 12.1 Å². The summed E-state index contributed by atoms with van der Waals surface area (Å²) in [4.78, 5) is 12.0. The van der Waals surface area contributed by atoms with E-state index in [1.54, 1.807) is 4.68 Å². The number of nitrogens with zero attached hydrogens (tertiary/aromatic N) is 2. The van der Waals surface area contributed by atoms with E-state index in [0.29, 0.717) is 12.0 Å². The van der Waals surface area contributed by atoms with Gasteiger partial charge in [-0.3, -0.25) is 9.48 Å². The third kappa shape index (κ3) is 2.39. The Hall–Kier alpha value is -1.42. The normalized spacial score (nSPS) is 10.4. The first-order chi connectivity index (χ1) is 7.66. The number of carbonyl (C=O) groups excluding carboxylic acids is 1. The maximum Gasteiger partial charge on any atom is 0.170 e. The minimum Gasteiger partial charge on any atom is -0.294 e. The van der Waals surface area contributed by atoms with E-state index in [1.807, 2.05) is 43.6 Å². The summed E-state index contributed by atoms with van der Waals surface area (Å²) < 4.78 is 2.53. The lowest BCUT2D eigenvalue weighted by Gasteiger charge is -2.01. The lowest BCUT2D eigenvalue weighted by atomic mass is 10.1. The Morgan fingerprint density at radius 1 is 1.38 bits per heavy atom. The fourth-order valence-corrected chi connectivity index (χ4v) is 2.01. The number of Topliss-reactive ketones (excluding diaryl/α,β-unsaturated/α-hetero) is 1. The van der Waals surface area contributed by atoms with E-state index < -0.39 is 0 Å². The van der Waals surface area contributed by atoms with Gasteiger partial charge in [-0.2, -0.15) is 5.10 Å². The van der Waals surface area contributed by atoms with Crippen LogP contribution in [0.5, 0.6) is 0 Å². The first-order valence-corrected chi connectivity index (χ1v) is 5.72. The van der Waals surface area contributed by atoms with Gasteiger partial charge in [-0.15, -0.1) is 0 Å². The summed E-state index contributed by atoms with van der Waals surface area (Å²) in [6.45, 7) is 0. The van der Waals surface area contributed by atoms with Gasteiger partial charge in [-0.05, 0) is 12.1 Å². The van der Waals surface area contributed by atoms with Crippen molar-refractivity contribution in [2.75, 3.05) is 0 Å². The highest BCUT2D eigenvalue weighted by atomic mass is 79.9. The molecule has 0 unspecified atom stereocenters. The molecule has 0 bridgehead atoms. The van der Waals surface area contributed by atoms with Gasteiger partial charge in [0.1, 0.15) is 0 Å². The van der Waals surface area contributed by atoms with E-state index in [-0.39, 0.29) is 5.78 Å². The topological polar surface area (TPSA) is 34.9 Å². The van der Waals surface area contributed by atoms with Crippen molar-refractivity contribution in [2.45, 2.75) is 6.42 Å². The summed E-state index contributed by atoms with van der Waals surface area (Å²) >= 11 is 3.37. The van der Waals surface area contributed by atoms with Crippen LogP contribution >= 0.6 is 15.9 Å². The molecule has 0 amide bonds. The van der Waals surface area contributed by atoms with Crippen molar-refractivity contribution in [3.63, 3.8) is 0 Å². The minimum absolute atomic E-state index is 0.0752. The average molecular weight is 279 g/mol. The van der Waals surface area contributed by atoms with Crippen LogP contribution in [-0.4, -0.2) is 15.6 Å². The van der Waals surface area contributed by atoms with E-state index >= 15 is 0 Å². The number of aryl methyl sites for hydroxylation is 1. The molecule has 4 heteroatoms. The summed E-state index contributed by atoms with van der Waals surface area (Å²) in [5, 5.41) is 4.19. The Kier molecular flexibility index (Phi) is 3.19. The monoisotopic (exact) mass is 278 g/mol. The molecule has 0 saturated heterocycles. The number of benzene rings is 1. The standard InChI is InChI=1S/C12H11BrN2O/c1-15-7-6-9(14-15)8-12(16)10-4-2-3-5-11(10)13/h2-7H,8H2,1H3. The van der Waals surface area contributed by atoms with Crippen LogP contribution in [0.4, 0.5) is 0 Å². The zero-order valence-corrected chi connectivity index (χ0v) is 10.4. The Morgan fingerprint density at radius 2 is 2.12 bits per heavy atom. The van der Waals surface area contributed by atoms with Crippen LogP contribution < -0.4 is 0 Å². The summed E-state index contributed by atoms with van der Waals surface area (Å²) in [5.74, 6) is 0.0752. The van der Waals surface area contributed by atoms with Crippen molar-refractivity contribution in [1.29, 1.82) is 0 Å². The van der Waals surface area contributed by atoms with Crippen molar-refractivity contribution >= 4 is 21.7 Å². The van der Waals surface area contributed by atoms with Crippen LogP contribution in [0.3, 0.4) is 0 Å². The molecule has 0 spiro atoms. The lowest BCUT2D eigenvalue weighted by molar-refractivity contribution is 0.0991. The van der Waals surface area contributed by atoms with Gasteiger partial charge < -0.3 is 0 Å². The van der Waals surface area contributed by atoms with Crippen LogP contribution in [0.25, 0.3) is 0 Å². The molecule has 0 aliphatic rings. The molecule has 0 N–H and O–H groups in total. The molecule has 0 fully saturated rings. The summed E-state index contributed by atoms with van der Waals surface area (Å²) in [5.41, 5.74) is 1.50. The van der Waals surface area contributed by atoms with Crippen molar-refractivity contribution in [3.05, 3.63) is 52.3 Å². The number of ketones is 1. The molecule has 1 heterocycles. The van der Waals surface area contributed by atoms with Crippen molar-refractivity contribution in [3.8, 4) is 0 Å². The molecule has 16 heavy (non-hydrogen) atoms. The second-order valence-corrected chi connectivity index (χ2v) is 4.41. The molecule has 0 atom stereocenters. The number of carbonyl (C=O) groups is 1. The minimum atomic E-state index is 0.0752. The third-order valence-electron chi connectivity index (χ3n) is 2.28. The maximum atomic E-state index is 12.0. The van der Waals surface area contributed by atoms with Gasteiger partial charge >= 0.3 is 0 Å². The van der Waals surface area contributed by atoms with Gasteiger partial charge in [0, 0.05) is 23.3 Å². The van der Waals surface area contributed by atoms with Crippen molar-refractivity contribution < 1.29 is 4.79 Å². The molecular formula is C12H11BrN2O. The molecule has 0 saturated carbocycles. The van der Waals surface area contributed by atoms with Crippen LogP contribution in [-0.2, 0) is 13.5 Å². The highest BCUT2D eigenvalue weighted by Crippen LogP contribution is 2.17. The number of halogens is 1. The van der Waals surface area contributed by atoms with Gasteiger partial charge in [0.2, 0.25) is 0 Å². The fourth-order valence-electron chi connectivity index (χ4n) is 1.50. The molecule has 0 aliphatic carbocycles. The number of hydrogen-bond acceptors (Lipinski definition) is 2. The Morgan fingerprint density at radius 3 is 2.75 bits per heavy atom. The summed E-state index contributed by atoms with van der Waals surface area (Å²) in [6.07, 6.45) is 2.17. The Labute approximate surface area is 102 Å². The maximum absolute atomic E-state index is 12.0. The van der Waals surface area contributed by atoms with E-state index in [0.717, 1.165) is 10.2 Å².